The highest BCUT2D eigenvalue weighted by Crippen LogP contribution is 2.04. The number of morpholine rings is 1. The van der Waals surface area contributed by atoms with Gasteiger partial charge in [-0.3, -0.25) is 4.79 Å². The number of nitrogens with one attached hydrogen (secondary N) is 1. The van der Waals surface area contributed by atoms with Gasteiger partial charge in [0.1, 0.15) is 0 Å². The van der Waals surface area contributed by atoms with Gasteiger partial charge < -0.3 is 10.1 Å². The van der Waals surface area contributed by atoms with E-state index in [2.05, 4.69) is 12.2 Å². The molecule has 1 rings (SSSR count). The monoisotopic (exact) mass is 184 g/mol. The number of carbonyl (C=O) groups excluding carboxylic acids is 1. The average Bonchev–Trinajstić information content (AvgIpc) is 2.19. The first-order valence-electron chi connectivity index (χ1n) is 4.97. The molecule has 0 aliphatic carbocycles. The Hall–Kier alpha value is -0.410. The molecule has 0 aromatic heterocycles. The highest BCUT2D eigenvalue weighted by atomic mass is 16.5. The van der Waals surface area contributed by atoms with Gasteiger partial charge in [-0.1, -0.05) is 19.8 Å². The second kappa shape index (κ2) is 6.11. The molecule has 1 saturated heterocycles. The van der Waals surface area contributed by atoms with Crippen LogP contribution >= 0.6 is 0 Å². The van der Waals surface area contributed by atoms with Crippen molar-refractivity contribution in [2.75, 3.05) is 19.8 Å². The van der Waals surface area contributed by atoms with Gasteiger partial charge in [0.2, 0.25) is 0 Å². The lowest BCUT2D eigenvalue weighted by atomic mass is 10.1. The summed E-state index contributed by atoms with van der Waals surface area (Å²) in [5, 5.41) is 3.16. The van der Waals surface area contributed by atoms with Gasteiger partial charge in [-0.05, 0) is 6.42 Å². The molecule has 1 fully saturated rings. The lowest BCUT2D eigenvalue weighted by Gasteiger charge is -2.22. The third kappa shape index (κ3) is 3.87. The fourth-order valence-electron chi connectivity index (χ4n) is 1.42. The zero-order valence-electron chi connectivity index (χ0n) is 8.05. The molecule has 3 heteroatoms. The molecule has 0 aromatic rings. The van der Waals surface area contributed by atoms with Crippen molar-refractivity contribution in [1.82, 2.24) is 5.32 Å². The van der Waals surface area contributed by atoms with Crippen LogP contribution < -0.4 is 5.32 Å². The number of hydrogen-bond donors (Lipinski definition) is 1. The van der Waals surface area contributed by atoms with Crippen LogP contribution in [0.25, 0.3) is 0 Å². The zero-order valence-corrected chi connectivity index (χ0v) is 8.05. The largest absolute Gasteiger partial charge is 0.378 e. The quantitative estimate of drug-likeness (QED) is 0.646. The molecule has 0 spiro atoms. The summed E-state index contributed by atoms with van der Waals surface area (Å²) in [5.41, 5.74) is 0. The summed E-state index contributed by atoms with van der Waals surface area (Å²) >= 11 is 0. The summed E-state index contributed by atoms with van der Waals surface area (Å²) < 4.78 is 5.21. The Morgan fingerprint density at radius 3 is 3.00 bits per heavy atom. The van der Waals surface area contributed by atoms with E-state index in [1.807, 2.05) is 0 Å². The van der Waals surface area contributed by atoms with Crippen LogP contribution in [-0.4, -0.2) is 31.6 Å². The Labute approximate surface area is 79.8 Å². The second-order valence-electron chi connectivity index (χ2n) is 3.36. The van der Waals surface area contributed by atoms with Gasteiger partial charge in [0, 0.05) is 13.0 Å². The summed E-state index contributed by atoms with van der Waals surface area (Å²) in [6.07, 6.45) is 3.58. The number of unbranched alkanes of at least 4 members (excludes halogenated alkanes) is 2. The SMILES string of the molecule is [CH2]CCCCC(=O)C1COCCN1. The Balaban J connectivity index is 2.13. The summed E-state index contributed by atoms with van der Waals surface area (Å²) in [7, 11) is 0. The van der Waals surface area contributed by atoms with Crippen molar-refractivity contribution in [3.05, 3.63) is 6.92 Å². The van der Waals surface area contributed by atoms with Gasteiger partial charge in [-0.2, -0.15) is 0 Å². The molecule has 13 heavy (non-hydrogen) atoms. The molecular formula is C10H18NO2. The standard InChI is InChI=1S/C10H18NO2/c1-2-3-4-5-10(12)9-8-13-7-6-11-9/h9,11H,1-8H2. The van der Waals surface area contributed by atoms with Crippen LogP contribution in [0.3, 0.4) is 0 Å². The third-order valence-corrected chi connectivity index (χ3v) is 2.23. The minimum atomic E-state index is -0.0569. The molecule has 75 valence electrons. The van der Waals surface area contributed by atoms with Gasteiger partial charge in [-0.15, -0.1) is 0 Å². The Kier molecular flexibility index (Phi) is 5.01. The Morgan fingerprint density at radius 1 is 1.54 bits per heavy atom. The topological polar surface area (TPSA) is 38.3 Å². The second-order valence-corrected chi connectivity index (χ2v) is 3.36. The predicted octanol–water partition coefficient (Wildman–Crippen LogP) is 0.938. The molecule has 0 bridgehead atoms. The zero-order chi connectivity index (χ0) is 9.52. The molecule has 1 N–H and O–H groups in total. The average molecular weight is 184 g/mol. The maximum atomic E-state index is 11.5. The van der Waals surface area contributed by atoms with E-state index in [0.29, 0.717) is 13.0 Å². The van der Waals surface area contributed by atoms with Crippen molar-refractivity contribution in [3.8, 4) is 0 Å². The van der Waals surface area contributed by atoms with E-state index in [0.717, 1.165) is 32.4 Å². The van der Waals surface area contributed by atoms with E-state index in [9.17, 15) is 4.79 Å². The van der Waals surface area contributed by atoms with Crippen LogP contribution in [0.4, 0.5) is 0 Å². The van der Waals surface area contributed by atoms with Crippen molar-refractivity contribution in [2.45, 2.75) is 31.7 Å². The third-order valence-electron chi connectivity index (χ3n) is 2.23. The normalized spacial score (nSPS) is 23.0. The molecule has 1 unspecified atom stereocenters. The fraction of sp³-hybridized carbons (Fsp3) is 0.800. The maximum absolute atomic E-state index is 11.5. The lowest BCUT2D eigenvalue weighted by molar-refractivity contribution is -0.123. The van der Waals surface area contributed by atoms with Crippen LogP contribution in [-0.2, 0) is 9.53 Å². The maximum Gasteiger partial charge on any atom is 0.152 e. The van der Waals surface area contributed by atoms with Crippen LogP contribution in [0.1, 0.15) is 25.7 Å². The van der Waals surface area contributed by atoms with E-state index < -0.39 is 0 Å². The van der Waals surface area contributed by atoms with E-state index in [-0.39, 0.29) is 11.8 Å². The summed E-state index contributed by atoms with van der Waals surface area (Å²) in [6.45, 7) is 5.81. The Bertz CT molecular complexity index is 153. The molecule has 1 aliphatic rings. The Morgan fingerprint density at radius 2 is 2.38 bits per heavy atom. The minimum Gasteiger partial charge on any atom is -0.378 e. The molecule has 1 atom stereocenters. The van der Waals surface area contributed by atoms with Crippen molar-refractivity contribution in [3.63, 3.8) is 0 Å². The molecule has 0 saturated carbocycles. The van der Waals surface area contributed by atoms with Crippen LogP contribution in [0, 0.1) is 6.92 Å². The molecular weight excluding hydrogens is 166 g/mol. The van der Waals surface area contributed by atoms with Crippen LogP contribution in [0.2, 0.25) is 0 Å². The minimum absolute atomic E-state index is 0.0569. The number of Topliss-reactive ketones (excluding diaryl/α,β-unsaturated/α-hetero) is 1. The molecule has 0 aromatic carbocycles. The molecule has 0 amide bonds. The summed E-state index contributed by atoms with van der Waals surface area (Å²) in [4.78, 5) is 11.5. The van der Waals surface area contributed by atoms with Gasteiger partial charge in [0.15, 0.2) is 5.78 Å². The molecule has 1 heterocycles. The molecule has 1 aliphatic heterocycles. The fourth-order valence-corrected chi connectivity index (χ4v) is 1.42. The van der Waals surface area contributed by atoms with Crippen LogP contribution in [0.15, 0.2) is 0 Å². The number of ether oxygens (including phenoxy) is 1. The first-order chi connectivity index (χ1) is 6.34. The highest BCUT2D eigenvalue weighted by molar-refractivity contribution is 5.84. The smallest absolute Gasteiger partial charge is 0.152 e. The van der Waals surface area contributed by atoms with Crippen molar-refractivity contribution < 1.29 is 9.53 Å². The lowest BCUT2D eigenvalue weighted by Crippen LogP contribution is -2.46. The van der Waals surface area contributed by atoms with E-state index in [1.54, 1.807) is 0 Å². The van der Waals surface area contributed by atoms with Crippen molar-refractivity contribution >= 4 is 5.78 Å². The van der Waals surface area contributed by atoms with Gasteiger partial charge in [0.25, 0.3) is 0 Å². The summed E-state index contributed by atoms with van der Waals surface area (Å²) in [5.74, 6) is 0.285. The number of rotatable bonds is 5. The predicted molar refractivity (Wildman–Crippen MR) is 51.4 cm³/mol. The number of carbonyl (C=O) groups is 1. The molecule has 3 nitrogen and oxygen atoms in total. The molecule has 1 radical (unpaired) electrons. The van der Waals surface area contributed by atoms with Gasteiger partial charge in [-0.25, -0.2) is 0 Å². The van der Waals surface area contributed by atoms with E-state index in [4.69, 9.17) is 4.74 Å². The van der Waals surface area contributed by atoms with E-state index in [1.165, 1.54) is 0 Å². The van der Waals surface area contributed by atoms with Crippen molar-refractivity contribution in [2.24, 2.45) is 0 Å². The highest BCUT2D eigenvalue weighted by Gasteiger charge is 2.19. The van der Waals surface area contributed by atoms with E-state index >= 15 is 0 Å². The number of ketones is 1. The first kappa shape index (κ1) is 10.7. The van der Waals surface area contributed by atoms with Gasteiger partial charge in [0.05, 0.1) is 19.3 Å². The van der Waals surface area contributed by atoms with Crippen molar-refractivity contribution in [1.29, 1.82) is 0 Å². The van der Waals surface area contributed by atoms with Crippen LogP contribution in [0.5, 0.6) is 0 Å². The summed E-state index contributed by atoms with van der Waals surface area (Å²) in [6, 6.07) is -0.0569. The van der Waals surface area contributed by atoms with Gasteiger partial charge >= 0.3 is 0 Å². The number of hydrogen-bond acceptors (Lipinski definition) is 3. The first-order valence-corrected chi connectivity index (χ1v) is 4.97.